The standard InChI is InChI=1S/C19H17N2OP/c20-19(22)21-23(16-10-4-1-5-11-16,17-12-6-2-7-13-17)18-14-8-3-9-15-18/h1-15H,(H2,20,22). The summed E-state index contributed by atoms with van der Waals surface area (Å²) in [5.74, 6) is 0. The van der Waals surface area contributed by atoms with Gasteiger partial charge >= 0.3 is 6.03 Å². The lowest BCUT2D eigenvalue weighted by atomic mass is 10.4. The maximum atomic E-state index is 11.8. The van der Waals surface area contributed by atoms with E-state index in [1.165, 1.54) is 0 Å². The molecule has 0 saturated heterocycles. The molecule has 3 aromatic rings. The molecule has 0 aliphatic rings. The van der Waals surface area contributed by atoms with Crippen molar-refractivity contribution in [2.24, 2.45) is 10.5 Å². The number of amides is 2. The van der Waals surface area contributed by atoms with Crippen LogP contribution in [-0.4, -0.2) is 6.03 Å². The van der Waals surface area contributed by atoms with Gasteiger partial charge in [-0.15, -0.1) is 0 Å². The highest BCUT2D eigenvalue weighted by molar-refractivity contribution is 7.87. The van der Waals surface area contributed by atoms with Gasteiger partial charge < -0.3 is 5.73 Å². The quantitative estimate of drug-likeness (QED) is 0.740. The van der Waals surface area contributed by atoms with Crippen LogP contribution in [0.4, 0.5) is 4.79 Å². The molecule has 0 aliphatic heterocycles. The number of urea groups is 1. The summed E-state index contributed by atoms with van der Waals surface area (Å²) >= 11 is 0. The molecule has 0 fully saturated rings. The average molecular weight is 320 g/mol. The summed E-state index contributed by atoms with van der Waals surface area (Å²) < 4.78 is 4.47. The van der Waals surface area contributed by atoms with Gasteiger partial charge in [0.25, 0.3) is 0 Å². The van der Waals surface area contributed by atoms with Gasteiger partial charge in [-0.3, -0.25) is 0 Å². The van der Waals surface area contributed by atoms with Crippen LogP contribution in [0.3, 0.4) is 0 Å². The van der Waals surface area contributed by atoms with E-state index in [4.69, 9.17) is 5.73 Å². The van der Waals surface area contributed by atoms with Gasteiger partial charge in [0, 0.05) is 15.9 Å². The van der Waals surface area contributed by atoms with Crippen LogP contribution >= 0.6 is 7.05 Å². The van der Waals surface area contributed by atoms with Gasteiger partial charge in [-0.05, 0) is 0 Å². The predicted molar refractivity (Wildman–Crippen MR) is 97.2 cm³/mol. The average Bonchev–Trinajstić information content (AvgIpc) is 2.62. The minimum atomic E-state index is -2.46. The minimum absolute atomic E-state index is 0.644. The topological polar surface area (TPSA) is 55.5 Å². The van der Waals surface area contributed by atoms with Crippen molar-refractivity contribution in [2.75, 3.05) is 0 Å². The molecule has 0 aromatic heterocycles. The zero-order valence-electron chi connectivity index (χ0n) is 12.5. The van der Waals surface area contributed by atoms with Gasteiger partial charge in [0.1, 0.15) is 0 Å². The summed E-state index contributed by atoms with van der Waals surface area (Å²) in [6.45, 7) is 0. The van der Waals surface area contributed by atoms with Crippen molar-refractivity contribution in [3.05, 3.63) is 91.0 Å². The molecule has 23 heavy (non-hydrogen) atoms. The molecule has 4 heteroatoms. The van der Waals surface area contributed by atoms with Gasteiger partial charge in [-0.25, -0.2) is 4.79 Å². The number of rotatable bonds is 3. The van der Waals surface area contributed by atoms with E-state index in [9.17, 15) is 4.79 Å². The van der Waals surface area contributed by atoms with E-state index in [1.54, 1.807) is 0 Å². The first-order valence-corrected chi connectivity index (χ1v) is 9.06. The molecular weight excluding hydrogens is 303 g/mol. The summed E-state index contributed by atoms with van der Waals surface area (Å²) in [4.78, 5) is 11.8. The number of nitrogens with zero attached hydrogens (tertiary/aromatic N) is 1. The molecule has 0 spiro atoms. The van der Waals surface area contributed by atoms with Gasteiger partial charge in [0.15, 0.2) is 0 Å². The molecule has 3 aromatic carbocycles. The highest BCUT2D eigenvalue weighted by Crippen LogP contribution is 2.46. The van der Waals surface area contributed by atoms with E-state index in [0.717, 1.165) is 15.9 Å². The van der Waals surface area contributed by atoms with Crippen molar-refractivity contribution in [3.63, 3.8) is 0 Å². The maximum absolute atomic E-state index is 11.8. The molecule has 0 aliphatic carbocycles. The smallest absolute Gasteiger partial charge is 0.337 e. The normalized spacial score (nSPS) is 11.0. The van der Waals surface area contributed by atoms with Gasteiger partial charge in [-0.1, -0.05) is 91.0 Å². The number of carbonyl (C=O) groups excluding carboxylic acids is 1. The number of carbonyl (C=O) groups is 1. The Kier molecular flexibility index (Phi) is 4.40. The molecule has 0 unspecified atom stereocenters. The zero-order chi connectivity index (χ0) is 16.1. The third-order valence-electron chi connectivity index (χ3n) is 3.64. The third-order valence-corrected chi connectivity index (χ3v) is 7.27. The lowest BCUT2D eigenvalue weighted by molar-refractivity contribution is 0.257. The maximum Gasteiger partial charge on any atom is 0.337 e. The molecular formula is C19H17N2OP. The van der Waals surface area contributed by atoms with Crippen LogP contribution < -0.4 is 21.6 Å². The Morgan fingerprint density at radius 2 is 0.957 bits per heavy atom. The lowest BCUT2D eigenvalue weighted by Crippen LogP contribution is -2.26. The van der Waals surface area contributed by atoms with Crippen molar-refractivity contribution < 1.29 is 4.79 Å². The first-order chi connectivity index (χ1) is 11.2. The zero-order valence-corrected chi connectivity index (χ0v) is 13.4. The molecule has 3 rings (SSSR count). The summed E-state index contributed by atoms with van der Waals surface area (Å²) in [5, 5.41) is 3.03. The number of hydrogen-bond acceptors (Lipinski definition) is 1. The molecule has 0 bridgehead atoms. The molecule has 0 saturated carbocycles. The Labute approximate surface area is 135 Å². The first kappa shape index (κ1) is 15.3. The third kappa shape index (κ3) is 2.96. The number of primary amides is 1. The Morgan fingerprint density at radius 1 is 0.652 bits per heavy atom. The molecule has 2 amide bonds. The highest BCUT2D eigenvalue weighted by Gasteiger charge is 2.27. The fraction of sp³-hybridized carbons (Fsp3) is 0. The number of nitrogens with two attached hydrogens (primary N) is 1. The number of hydrogen-bond donors (Lipinski definition) is 1. The SMILES string of the molecule is NC(=O)N=P(c1ccccc1)(c1ccccc1)c1ccccc1. The monoisotopic (exact) mass is 320 g/mol. The van der Waals surface area contributed by atoms with Crippen molar-refractivity contribution >= 4 is 29.0 Å². The van der Waals surface area contributed by atoms with Crippen LogP contribution in [0.1, 0.15) is 0 Å². The summed E-state index contributed by atoms with van der Waals surface area (Å²) in [6, 6.07) is 29.1. The van der Waals surface area contributed by atoms with Crippen LogP contribution in [0.15, 0.2) is 95.7 Å². The van der Waals surface area contributed by atoms with E-state index in [-0.39, 0.29) is 0 Å². The van der Waals surface area contributed by atoms with Crippen LogP contribution in [0, 0.1) is 0 Å². The molecule has 3 nitrogen and oxygen atoms in total. The van der Waals surface area contributed by atoms with Crippen LogP contribution in [0.5, 0.6) is 0 Å². The largest absolute Gasteiger partial charge is 0.350 e. The fourth-order valence-electron chi connectivity index (χ4n) is 2.70. The van der Waals surface area contributed by atoms with Gasteiger partial charge in [-0.2, -0.15) is 4.74 Å². The van der Waals surface area contributed by atoms with Gasteiger partial charge in [0.05, 0.1) is 7.05 Å². The van der Waals surface area contributed by atoms with Crippen molar-refractivity contribution in [3.8, 4) is 0 Å². The second-order valence-electron chi connectivity index (χ2n) is 5.08. The van der Waals surface area contributed by atoms with Crippen molar-refractivity contribution in [1.82, 2.24) is 0 Å². The van der Waals surface area contributed by atoms with E-state index >= 15 is 0 Å². The van der Waals surface area contributed by atoms with Crippen LogP contribution in [0.25, 0.3) is 0 Å². The second kappa shape index (κ2) is 6.64. The van der Waals surface area contributed by atoms with Crippen molar-refractivity contribution in [2.45, 2.75) is 0 Å². The first-order valence-electron chi connectivity index (χ1n) is 7.32. The molecule has 0 radical (unpaired) electrons. The molecule has 114 valence electrons. The predicted octanol–water partition coefficient (Wildman–Crippen LogP) is 3.24. The highest BCUT2D eigenvalue weighted by atomic mass is 31.2. The second-order valence-corrected chi connectivity index (χ2v) is 8.10. The van der Waals surface area contributed by atoms with Crippen LogP contribution in [-0.2, 0) is 0 Å². The summed E-state index contributed by atoms with van der Waals surface area (Å²) in [6.07, 6.45) is 0. The van der Waals surface area contributed by atoms with Crippen molar-refractivity contribution in [1.29, 1.82) is 0 Å². The molecule has 0 heterocycles. The van der Waals surface area contributed by atoms with Gasteiger partial charge in [0.2, 0.25) is 0 Å². The summed E-state index contributed by atoms with van der Waals surface area (Å²) in [7, 11) is -2.46. The fourth-order valence-corrected chi connectivity index (χ4v) is 6.05. The molecule has 2 N–H and O–H groups in total. The Morgan fingerprint density at radius 3 is 1.22 bits per heavy atom. The lowest BCUT2D eigenvalue weighted by Gasteiger charge is -2.25. The molecule has 0 atom stereocenters. The van der Waals surface area contributed by atoms with E-state index < -0.39 is 13.1 Å². The van der Waals surface area contributed by atoms with E-state index in [2.05, 4.69) is 4.74 Å². The number of benzene rings is 3. The van der Waals surface area contributed by atoms with E-state index in [0.29, 0.717) is 0 Å². The minimum Gasteiger partial charge on any atom is -0.350 e. The summed E-state index contributed by atoms with van der Waals surface area (Å²) in [5.41, 5.74) is 5.51. The Hall–Kier alpha value is -2.64. The van der Waals surface area contributed by atoms with Crippen LogP contribution in [0.2, 0.25) is 0 Å². The Bertz CT molecular complexity index is 743. The van der Waals surface area contributed by atoms with E-state index in [1.807, 2.05) is 91.0 Å². The Balaban J connectivity index is 2.43.